The Morgan fingerprint density at radius 2 is 2.00 bits per heavy atom. The van der Waals surface area contributed by atoms with Gasteiger partial charge in [-0.05, 0) is 38.9 Å². The maximum absolute atomic E-state index is 5.95. The van der Waals surface area contributed by atoms with E-state index in [0.29, 0.717) is 17.8 Å². The van der Waals surface area contributed by atoms with Crippen LogP contribution in [0, 0.1) is 0 Å². The molecule has 0 amide bonds. The Balaban J connectivity index is 2.11. The van der Waals surface area contributed by atoms with E-state index >= 15 is 0 Å². The van der Waals surface area contributed by atoms with Crippen molar-refractivity contribution in [2.75, 3.05) is 31.2 Å². The summed E-state index contributed by atoms with van der Waals surface area (Å²) >= 11 is 0. The molecule has 2 heterocycles. The Kier molecular flexibility index (Phi) is 4.01. The van der Waals surface area contributed by atoms with E-state index in [4.69, 9.17) is 5.73 Å². The van der Waals surface area contributed by atoms with Crippen LogP contribution in [0.1, 0.15) is 38.2 Å². The molecular formula is C13H23N5. The molecule has 0 atom stereocenters. The molecule has 1 aromatic heterocycles. The lowest BCUT2D eigenvalue weighted by molar-refractivity contribution is 0.263. The summed E-state index contributed by atoms with van der Waals surface area (Å²) in [6.45, 7) is 6.51. The predicted molar refractivity (Wildman–Crippen MR) is 74.7 cm³/mol. The topological polar surface area (TPSA) is 67.1 Å². The van der Waals surface area contributed by atoms with Crippen molar-refractivity contribution in [3.05, 3.63) is 11.9 Å². The monoisotopic (exact) mass is 249 g/mol. The van der Waals surface area contributed by atoms with Crippen LogP contribution in [0.2, 0.25) is 0 Å². The molecule has 0 radical (unpaired) electrons. The van der Waals surface area contributed by atoms with Crippen LogP contribution < -0.4 is 11.1 Å². The minimum Gasteiger partial charge on any atom is -0.383 e. The van der Waals surface area contributed by atoms with Crippen LogP contribution in [0.4, 0.5) is 11.6 Å². The molecule has 0 aliphatic carbocycles. The minimum absolute atomic E-state index is 0.333. The average Bonchev–Trinajstić information content (AvgIpc) is 2.32. The van der Waals surface area contributed by atoms with Crippen molar-refractivity contribution >= 4 is 11.6 Å². The van der Waals surface area contributed by atoms with E-state index < -0.39 is 0 Å². The van der Waals surface area contributed by atoms with E-state index in [-0.39, 0.29) is 0 Å². The first-order valence-corrected chi connectivity index (χ1v) is 6.63. The highest BCUT2D eigenvalue weighted by Gasteiger charge is 2.20. The van der Waals surface area contributed by atoms with Gasteiger partial charge in [-0.25, -0.2) is 9.97 Å². The van der Waals surface area contributed by atoms with Crippen molar-refractivity contribution in [3.63, 3.8) is 0 Å². The maximum Gasteiger partial charge on any atom is 0.135 e. The number of nitrogens with one attached hydrogen (secondary N) is 1. The molecule has 1 aliphatic heterocycles. The Bertz CT molecular complexity index is 396. The van der Waals surface area contributed by atoms with Crippen LogP contribution in [0.5, 0.6) is 0 Å². The summed E-state index contributed by atoms with van der Waals surface area (Å²) in [6.07, 6.45) is 3.84. The first-order chi connectivity index (χ1) is 8.58. The van der Waals surface area contributed by atoms with Gasteiger partial charge in [-0.2, -0.15) is 0 Å². The number of hydrogen-bond acceptors (Lipinski definition) is 5. The predicted octanol–water partition coefficient (Wildman–Crippen LogP) is 1.69. The molecule has 0 aromatic carbocycles. The molecule has 18 heavy (non-hydrogen) atoms. The summed E-state index contributed by atoms with van der Waals surface area (Å²) in [7, 11) is 2.17. The van der Waals surface area contributed by atoms with E-state index in [1.807, 2.05) is 0 Å². The molecule has 1 aromatic rings. The van der Waals surface area contributed by atoms with Crippen molar-refractivity contribution in [1.82, 2.24) is 14.9 Å². The quantitative estimate of drug-likeness (QED) is 0.853. The zero-order valence-electron chi connectivity index (χ0n) is 11.5. The van der Waals surface area contributed by atoms with Gasteiger partial charge in [-0.1, -0.05) is 13.8 Å². The number of nitrogens with zero attached hydrogens (tertiary/aromatic N) is 3. The molecule has 1 fully saturated rings. The van der Waals surface area contributed by atoms with Crippen LogP contribution in [0.3, 0.4) is 0 Å². The number of hydrogen-bond donors (Lipinski definition) is 2. The molecule has 1 aliphatic rings. The first kappa shape index (κ1) is 13.1. The van der Waals surface area contributed by atoms with E-state index in [0.717, 1.165) is 37.3 Å². The fourth-order valence-corrected chi connectivity index (χ4v) is 2.44. The second-order valence-corrected chi connectivity index (χ2v) is 5.40. The molecule has 0 bridgehead atoms. The number of piperidine rings is 1. The largest absolute Gasteiger partial charge is 0.383 e. The molecule has 5 heteroatoms. The Labute approximate surface area is 109 Å². The first-order valence-electron chi connectivity index (χ1n) is 6.63. The van der Waals surface area contributed by atoms with Gasteiger partial charge in [0.2, 0.25) is 0 Å². The molecule has 1 saturated heterocycles. The summed E-state index contributed by atoms with van der Waals surface area (Å²) in [5.41, 5.74) is 6.99. The summed E-state index contributed by atoms with van der Waals surface area (Å²) in [4.78, 5) is 10.8. The van der Waals surface area contributed by atoms with Crippen LogP contribution in [0.25, 0.3) is 0 Å². The van der Waals surface area contributed by atoms with Gasteiger partial charge in [-0.3, -0.25) is 0 Å². The molecule has 0 saturated carbocycles. The number of anilines is 2. The molecule has 0 unspecified atom stereocenters. The summed E-state index contributed by atoms with van der Waals surface area (Å²) < 4.78 is 0. The molecule has 2 rings (SSSR count). The third-order valence-corrected chi connectivity index (χ3v) is 3.55. The van der Waals surface area contributed by atoms with Crippen molar-refractivity contribution in [1.29, 1.82) is 0 Å². The number of aromatic nitrogens is 2. The molecular weight excluding hydrogens is 226 g/mol. The van der Waals surface area contributed by atoms with E-state index in [1.165, 1.54) is 0 Å². The summed E-state index contributed by atoms with van der Waals surface area (Å²) in [5.74, 6) is 1.84. The van der Waals surface area contributed by atoms with Crippen molar-refractivity contribution < 1.29 is 0 Å². The van der Waals surface area contributed by atoms with Crippen LogP contribution in [-0.2, 0) is 0 Å². The summed E-state index contributed by atoms with van der Waals surface area (Å²) in [5, 5.41) is 3.53. The highest BCUT2D eigenvalue weighted by molar-refractivity contribution is 5.57. The van der Waals surface area contributed by atoms with Gasteiger partial charge in [0.25, 0.3) is 0 Å². The van der Waals surface area contributed by atoms with E-state index in [9.17, 15) is 0 Å². The zero-order valence-corrected chi connectivity index (χ0v) is 11.5. The fraction of sp³-hybridized carbons (Fsp3) is 0.692. The minimum atomic E-state index is 0.333. The number of nitrogens with two attached hydrogens (primary N) is 1. The van der Waals surface area contributed by atoms with E-state index in [2.05, 4.69) is 41.1 Å². The van der Waals surface area contributed by atoms with Gasteiger partial charge in [-0.15, -0.1) is 0 Å². The second-order valence-electron chi connectivity index (χ2n) is 5.40. The maximum atomic E-state index is 5.95. The highest BCUT2D eigenvalue weighted by atomic mass is 15.1. The normalized spacial score (nSPS) is 18.2. The van der Waals surface area contributed by atoms with Gasteiger partial charge >= 0.3 is 0 Å². The SMILES string of the molecule is CC(C)c1c(N)ncnc1NC1CCN(C)CC1. The molecule has 100 valence electrons. The standard InChI is InChI=1S/C13H23N5/c1-9(2)11-12(14)15-8-16-13(11)17-10-4-6-18(3)7-5-10/h8-10H,4-7H2,1-3H3,(H3,14,15,16,17). The molecule has 3 N–H and O–H groups in total. The van der Waals surface area contributed by atoms with Crippen molar-refractivity contribution in [2.24, 2.45) is 0 Å². The van der Waals surface area contributed by atoms with Crippen LogP contribution in [0.15, 0.2) is 6.33 Å². The van der Waals surface area contributed by atoms with Gasteiger partial charge in [0.05, 0.1) is 0 Å². The van der Waals surface area contributed by atoms with Gasteiger partial charge in [0, 0.05) is 11.6 Å². The number of rotatable bonds is 3. The Morgan fingerprint density at radius 3 is 2.61 bits per heavy atom. The number of nitrogen functional groups attached to an aromatic ring is 1. The Morgan fingerprint density at radius 1 is 1.33 bits per heavy atom. The number of likely N-dealkylation sites (tertiary alicyclic amines) is 1. The van der Waals surface area contributed by atoms with E-state index in [1.54, 1.807) is 6.33 Å². The van der Waals surface area contributed by atoms with Gasteiger partial charge in [0.15, 0.2) is 0 Å². The van der Waals surface area contributed by atoms with Crippen molar-refractivity contribution in [2.45, 2.75) is 38.6 Å². The third-order valence-electron chi connectivity index (χ3n) is 3.55. The lowest BCUT2D eigenvalue weighted by Gasteiger charge is -2.30. The van der Waals surface area contributed by atoms with Crippen LogP contribution in [-0.4, -0.2) is 41.0 Å². The second kappa shape index (κ2) is 5.52. The zero-order chi connectivity index (χ0) is 13.1. The van der Waals surface area contributed by atoms with Crippen molar-refractivity contribution in [3.8, 4) is 0 Å². The lowest BCUT2D eigenvalue weighted by atomic mass is 10.0. The highest BCUT2D eigenvalue weighted by Crippen LogP contribution is 2.27. The van der Waals surface area contributed by atoms with Gasteiger partial charge in [0.1, 0.15) is 18.0 Å². The smallest absolute Gasteiger partial charge is 0.135 e. The Hall–Kier alpha value is -1.36. The summed E-state index contributed by atoms with van der Waals surface area (Å²) in [6, 6.07) is 0.494. The third kappa shape index (κ3) is 2.90. The van der Waals surface area contributed by atoms with Crippen LogP contribution >= 0.6 is 0 Å². The average molecular weight is 249 g/mol. The van der Waals surface area contributed by atoms with Gasteiger partial charge < -0.3 is 16.0 Å². The fourth-order valence-electron chi connectivity index (χ4n) is 2.44. The lowest BCUT2D eigenvalue weighted by Crippen LogP contribution is -2.37. The molecule has 0 spiro atoms. The molecule has 5 nitrogen and oxygen atoms in total.